The maximum atomic E-state index is 6.55. The van der Waals surface area contributed by atoms with Crippen LogP contribution in [-0.4, -0.2) is 7.11 Å². The highest BCUT2D eigenvalue weighted by Crippen LogP contribution is 2.41. The van der Waals surface area contributed by atoms with Gasteiger partial charge >= 0.3 is 0 Å². The summed E-state index contributed by atoms with van der Waals surface area (Å²) < 4.78 is 24.8. The molecule has 0 spiro atoms. The Balaban J connectivity index is 1.37. The van der Waals surface area contributed by atoms with Gasteiger partial charge in [0.05, 0.1) is 7.11 Å². The second-order valence-electron chi connectivity index (χ2n) is 13.5. The average molecular weight is 629 g/mol. The summed E-state index contributed by atoms with van der Waals surface area (Å²) in [7, 11) is 1.71. The minimum absolute atomic E-state index is 0.236. The Hall–Kier alpha value is -4.70. The van der Waals surface area contributed by atoms with Gasteiger partial charge < -0.3 is 18.9 Å². The Morgan fingerprint density at radius 3 is 1.21 bits per heavy atom. The van der Waals surface area contributed by atoms with Crippen LogP contribution in [0.3, 0.4) is 0 Å². The molecule has 0 saturated carbocycles. The first-order valence-electron chi connectivity index (χ1n) is 16.3. The second-order valence-corrected chi connectivity index (χ2v) is 13.5. The topological polar surface area (TPSA) is 36.9 Å². The summed E-state index contributed by atoms with van der Waals surface area (Å²) in [6.07, 6.45) is 0. The molecule has 0 unspecified atom stereocenters. The van der Waals surface area contributed by atoms with Crippen LogP contribution in [-0.2, 0) is 12.0 Å². The summed E-state index contributed by atoms with van der Waals surface area (Å²) in [4.78, 5) is 0. The molecule has 0 aliphatic rings. The highest BCUT2D eigenvalue weighted by atomic mass is 16.5. The predicted octanol–water partition coefficient (Wildman–Crippen LogP) is 11.7. The molecule has 0 radical (unpaired) electrons. The van der Waals surface area contributed by atoms with Crippen molar-refractivity contribution < 1.29 is 18.9 Å². The molecule has 0 heterocycles. The fraction of sp³-hybridized carbons (Fsp3) is 0.302. The van der Waals surface area contributed by atoms with E-state index < -0.39 is 0 Å². The molecule has 244 valence electrons. The molecular weight excluding hydrogens is 580 g/mol. The van der Waals surface area contributed by atoms with Crippen molar-refractivity contribution in [3.05, 3.63) is 140 Å². The van der Waals surface area contributed by atoms with Crippen LogP contribution in [0.15, 0.2) is 78.9 Å². The van der Waals surface area contributed by atoms with Gasteiger partial charge in [-0.05, 0) is 141 Å². The van der Waals surface area contributed by atoms with Crippen LogP contribution in [0.4, 0.5) is 0 Å². The molecule has 0 N–H and O–H groups in total. The van der Waals surface area contributed by atoms with Crippen molar-refractivity contribution in [3.8, 4) is 34.5 Å². The van der Waals surface area contributed by atoms with Crippen molar-refractivity contribution in [1.82, 2.24) is 0 Å². The van der Waals surface area contributed by atoms with E-state index in [9.17, 15) is 0 Å². The number of benzene rings is 5. The number of rotatable bonds is 10. The molecule has 47 heavy (non-hydrogen) atoms. The lowest BCUT2D eigenvalue weighted by atomic mass is 9.76. The average Bonchev–Trinajstić information content (AvgIpc) is 3.00. The van der Waals surface area contributed by atoms with Gasteiger partial charge in [-0.2, -0.15) is 0 Å². The number of aryl methyl sites for hydroxylation is 8. The molecular formula is C43H48O4. The van der Waals surface area contributed by atoms with Gasteiger partial charge in [-0.15, -0.1) is 0 Å². The third-order valence-electron chi connectivity index (χ3n) is 9.10. The van der Waals surface area contributed by atoms with E-state index in [1.54, 1.807) is 7.11 Å². The Morgan fingerprint density at radius 2 is 0.830 bits per heavy atom. The smallest absolute Gasteiger partial charge is 0.133 e. The molecule has 5 aromatic rings. The van der Waals surface area contributed by atoms with Crippen molar-refractivity contribution in [1.29, 1.82) is 0 Å². The molecule has 0 bridgehead atoms. The minimum Gasteiger partial charge on any atom is -0.496 e. The van der Waals surface area contributed by atoms with E-state index in [1.165, 1.54) is 11.1 Å². The molecule has 5 aromatic carbocycles. The van der Waals surface area contributed by atoms with Gasteiger partial charge in [0.1, 0.15) is 41.1 Å². The molecule has 0 saturated heterocycles. The van der Waals surface area contributed by atoms with Crippen molar-refractivity contribution >= 4 is 0 Å². The van der Waals surface area contributed by atoms with Crippen molar-refractivity contribution in [3.63, 3.8) is 0 Å². The summed E-state index contributed by atoms with van der Waals surface area (Å²) in [6.45, 7) is 21.9. The zero-order chi connectivity index (χ0) is 34.0. The zero-order valence-electron chi connectivity index (χ0n) is 29.8. The van der Waals surface area contributed by atoms with E-state index in [0.717, 1.165) is 84.6 Å². The lowest BCUT2D eigenvalue weighted by Crippen LogP contribution is -2.20. The SMILES string of the molecule is COc1c(C)cc(Oc2c(C)cc(C(C)(C)c3cc(C)c(Oc4cc(C)c(OCc5ccccc5)c(C)c4)c(C)c3)cc2C)cc1C. The van der Waals surface area contributed by atoms with Crippen LogP contribution < -0.4 is 18.9 Å². The Bertz CT molecular complexity index is 1820. The monoisotopic (exact) mass is 628 g/mol. The van der Waals surface area contributed by atoms with Gasteiger partial charge in [0, 0.05) is 5.41 Å². The number of methoxy groups -OCH3 is 1. The normalized spacial score (nSPS) is 11.4. The highest BCUT2D eigenvalue weighted by molar-refractivity contribution is 5.55. The summed E-state index contributed by atoms with van der Waals surface area (Å²) in [5, 5.41) is 0. The summed E-state index contributed by atoms with van der Waals surface area (Å²) >= 11 is 0. The zero-order valence-corrected chi connectivity index (χ0v) is 29.8. The van der Waals surface area contributed by atoms with Crippen LogP contribution in [0.1, 0.15) is 75.0 Å². The van der Waals surface area contributed by atoms with Crippen LogP contribution in [0.25, 0.3) is 0 Å². The van der Waals surface area contributed by atoms with Gasteiger partial charge in [-0.1, -0.05) is 68.4 Å². The summed E-state index contributed by atoms with van der Waals surface area (Å²) in [6, 6.07) is 27.5. The Labute approximate surface area is 281 Å². The van der Waals surface area contributed by atoms with E-state index in [1.807, 2.05) is 44.2 Å². The number of ether oxygens (including phenoxy) is 4. The van der Waals surface area contributed by atoms with Gasteiger partial charge in [0.2, 0.25) is 0 Å². The molecule has 0 aromatic heterocycles. The van der Waals surface area contributed by atoms with Gasteiger partial charge in [-0.3, -0.25) is 0 Å². The molecule has 0 atom stereocenters. The minimum atomic E-state index is -0.236. The Kier molecular flexibility index (Phi) is 9.72. The largest absolute Gasteiger partial charge is 0.496 e. The van der Waals surface area contributed by atoms with E-state index in [0.29, 0.717) is 6.61 Å². The van der Waals surface area contributed by atoms with Crippen LogP contribution in [0, 0.1) is 55.4 Å². The van der Waals surface area contributed by atoms with Crippen LogP contribution >= 0.6 is 0 Å². The van der Waals surface area contributed by atoms with Gasteiger partial charge in [-0.25, -0.2) is 0 Å². The van der Waals surface area contributed by atoms with Gasteiger partial charge in [0.25, 0.3) is 0 Å². The summed E-state index contributed by atoms with van der Waals surface area (Å²) in [5.41, 5.74) is 12.0. The first-order chi connectivity index (χ1) is 22.3. The second kappa shape index (κ2) is 13.6. The van der Waals surface area contributed by atoms with Gasteiger partial charge in [0.15, 0.2) is 0 Å². The summed E-state index contributed by atoms with van der Waals surface area (Å²) in [5.74, 6) is 5.23. The lowest BCUT2D eigenvalue weighted by molar-refractivity contribution is 0.301. The molecule has 4 nitrogen and oxygen atoms in total. The van der Waals surface area contributed by atoms with Crippen LogP contribution in [0.2, 0.25) is 0 Å². The third kappa shape index (κ3) is 7.17. The molecule has 0 amide bonds. The number of hydrogen-bond donors (Lipinski definition) is 0. The predicted molar refractivity (Wildman–Crippen MR) is 193 cm³/mol. The molecule has 0 aliphatic heterocycles. The van der Waals surface area contributed by atoms with Crippen molar-refractivity contribution in [2.45, 2.75) is 81.3 Å². The first kappa shape index (κ1) is 33.7. The quantitative estimate of drug-likeness (QED) is 0.154. The lowest BCUT2D eigenvalue weighted by Gasteiger charge is -2.29. The maximum absolute atomic E-state index is 6.55. The molecule has 0 fully saturated rings. The highest BCUT2D eigenvalue weighted by Gasteiger charge is 2.27. The van der Waals surface area contributed by atoms with E-state index in [2.05, 4.69) is 104 Å². The fourth-order valence-electron chi connectivity index (χ4n) is 6.56. The van der Waals surface area contributed by atoms with E-state index in [4.69, 9.17) is 18.9 Å². The maximum Gasteiger partial charge on any atom is 0.133 e. The van der Waals surface area contributed by atoms with E-state index >= 15 is 0 Å². The van der Waals surface area contributed by atoms with Crippen molar-refractivity contribution in [2.75, 3.05) is 7.11 Å². The molecule has 5 rings (SSSR count). The first-order valence-corrected chi connectivity index (χ1v) is 16.3. The number of hydrogen-bond acceptors (Lipinski definition) is 4. The van der Waals surface area contributed by atoms with Crippen LogP contribution in [0.5, 0.6) is 34.5 Å². The molecule has 0 aliphatic carbocycles. The molecule has 4 heteroatoms. The Morgan fingerprint density at radius 1 is 0.468 bits per heavy atom. The fourth-order valence-corrected chi connectivity index (χ4v) is 6.56. The van der Waals surface area contributed by atoms with E-state index in [-0.39, 0.29) is 5.41 Å². The third-order valence-corrected chi connectivity index (χ3v) is 9.10. The standard InChI is InChI=1S/C43H48O4/c1-26-17-35(18-27(2)41(26)46-37-21-30(5)39(44-11)31(6)22-37)43(9,10)36-19-28(3)42(29(4)20-36)47-38-23-32(7)40(33(8)24-38)45-25-34-15-13-12-14-16-34/h12-24H,25H2,1-11H3. The van der Waals surface area contributed by atoms with Crippen molar-refractivity contribution in [2.24, 2.45) is 0 Å².